The molecule has 0 saturated heterocycles. The Labute approximate surface area is 184 Å². The Hall–Kier alpha value is -2.08. The Kier molecular flexibility index (Phi) is 6.32. The van der Waals surface area contributed by atoms with Gasteiger partial charge in [-0.05, 0) is 109 Å². The highest BCUT2D eigenvalue weighted by atomic mass is 14.3. The first-order chi connectivity index (χ1) is 14.4. The second-order valence-corrected chi connectivity index (χ2v) is 9.94. The van der Waals surface area contributed by atoms with E-state index in [9.17, 15) is 0 Å². The molecule has 1 saturated carbocycles. The third-order valence-corrected chi connectivity index (χ3v) is 7.77. The zero-order valence-electron chi connectivity index (χ0n) is 19.6. The summed E-state index contributed by atoms with van der Waals surface area (Å²) in [4.78, 5) is 0. The molecule has 158 valence electrons. The van der Waals surface area contributed by atoms with Gasteiger partial charge in [0.05, 0.1) is 0 Å². The van der Waals surface area contributed by atoms with Gasteiger partial charge in [-0.15, -0.1) is 0 Å². The van der Waals surface area contributed by atoms with Crippen molar-refractivity contribution in [2.24, 2.45) is 11.8 Å². The average Bonchev–Trinajstić information content (AvgIpc) is 3.24. The minimum Gasteiger partial charge on any atom is -0.0767 e. The van der Waals surface area contributed by atoms with Gasteiger partial charge in [-0.1, -0.05) is 74.7 Å². The summed E-state index contributed by atoms with van der Waals surface area (Å²) in [7, 11) is 0. The van der Waals surface area contributed by atoms with E-state index in [0.29, 0.717) is 11.8 Å². The van der Waals surface area contributed by atoms with Crippen LogP contribution in [0.5, 0.6) is 0 Å². The normalized spacial score (nSPS) is 20.4. The zero-order valence-corrected chi connectivity index (χ0v) is 19.6. The summed E-state index contributed by atoms with van der Waals surface area (Å²) in [6, 6.07) is 11.7. The SMILES string of the molecule is Cc1ccc(C2=CC(C3CCCCC3)C=C2)cc1CC(C)c1c(C)ccc(C)c1C. The van der Waals surface area contributed by atoms with Crippen LogP contribution in [-0.2, 0) is 6.42 Å². The summed E-state index contributed by atoms with van der Waals surface area (Å²) in [5.74, 6) is 2.05. The lowest BCUT2D eigenvalue weighted by Gasteiger charge is -2.25. The summed E-state index contributed by atoms with van der Waals surface area (Å²) in [5, 5.41) is 0. The Morgan fingerprint density at radius 1 is 0.867 bits per heavy atom. The molecule has 2 aliphatic carbocycles. The number of hydrogen-bond acceptors (Lipinski definition) is 0. The first-order valence-electron chi connectivity index (χ1n) is 12.0. The van der Waals surface area contributed by atoms with E-state index in [2.05, 4.69) is 83.2 Å². The van der Waals surface area contributed by atoms with Crippen LogP contribution in [0.3, 0.4) is 0 Å². The molecule has 2 aliphatic rings. The lowest BCUT2D eigenvalue weighted by atomic mass is 9.80. The topological polar surface area (TPSA) is 0 Å². The molecular weight excluding hydrogens is 360 g/mol. The summed E-state index contributed by atoms with van der Waals surface area (Å²) >= 11 is 0. The second kappa shape index (κ2) is 8.96. The van der Waals surface area contributed by atoms with Crippen molar-refractivity contribution in [1.82, 2.24) is 0 Å². The maximum absolute atomic E-state index is 2.54. The molecule has 2 aromatic carbocycles. The number of aryl methyl sites for hydroxylation is 3. The van der Waals surface area contributed by atoms with Gasteiger partial charge in [-0.3, -0.25) is 0 Å². The van der Waals surface area contributed by atoms with Crippen LogP contribution in [0.15, 0.2) is 48.6 Å². The van der Waals surface area contributed by atoms with E-state index in [1.165, 1.54) is 76.6 Å². The molecule has 1 fully saturated rings. The van der Waals surface area contributed by atoms with E-state index in [1.807, 2.05) is 0 Å². The van der Waals surface area contributed by atoms with E-state index in [-0.39, 0.29) is 0 Å². The van der Waals surface area contributed by atoms with Gasteiger partial charge in [0.15, 0.2) is 0 Å². The van der Waals surface area contributed by atoms with Crippen LogP contribution in [0.4, 0.5) is 0 Å². The third-order valence-electron chi connectivity index (χ3n) is 7.77. The van der Waals surface area contributed by atoms with Crippen LogP contribution in [0, 0.1) is 39.5 Å². The standard InChI is InChI=1S/C30H38/c1-20-11-12-22(3)30(24(20)5)23(4)17-29-19-27(14-13-21(29)2)28-16-15-26(18-28)25-9-7-6-8-10-25/h11-16,18-19,23,25-26H,6-10,17H2,1-5H3. The predicted octanol–water partition coefficient (Wildman–Crippen LogP) is 8.42. The predicted molar refractivity (Wildman–Crippen MR) is 131 cm³/mol. The van der Waals surface area contributed by atoms with Gasteiger partial charge in [0, 0.05) is 0 Å². The van der Waals surface area contributed by atoms with Gasteiger partial charge in [-0.2, -0.15) is 0 Å². The molecule has 0 aliphatic heterocycles. The van der Waals surface area contributed by atoms with E-state index < -0.39 is 0 Å². The molecule has 30 heavy (non-hydrogen) atoms. The Balaban J connectivity index is 1.56. The molecule has 4 rings (SSSR count). The first-order valence-corrected chi connectivity index (χ1v) is 12.0. The fourth-order valence-electron chi connectivity index (χ4n) is 5.77. The highest BCUT2D eigenvalue weighted by Crippen LogP contribution is 2.37. The van der Waals surface area contributed by atoms with Crippen molar-refractivity contribution in [3.63, 3.8) is 0 Å². The van der Waals surface area contributed by atoms with Crippen LogP contribution < -0.4 is 0 Å². The lowest BCUT2D eigenvalue weighted by Crippen LogP contribution is -2.13. The smallest absolute Gasteiger partial charge is 0.00127 e. The molecule has 0 radical (unpaired) electrons. The Bertz CT molecular complexity index is 966. The highest BCUT2D eigenvalue weighted by Gasteiger charge is 2.23. The highest BCUT2D eigenvalue weighted by molar-refractivity contribution is 5.77. The van der Waals surface area contributed by atoms with Gasteiger partial charge in [0.25, 0.3) is 0 Å². The minimum atomic E-state index is 0.530. The van der Waals surface area contributed by atoms with Crippen LogP contribution >= 0.6 is 0 Å². The number of allylic oxidation sites excluding steroid dienone is 4. The van der Waals surface area contributed by atoms with E-state index in [1.54, 1.807) is 0 Å². The van der Waals surface area contributed by atoms with E-state index in [4.69, 9.17) is 0 Å². The Morgan fingerprint density at radius 3 is 2.33 bits per heavy atom. The van der Waals surface area contributed by atoms with E-state index >= 15 is 0 Å². The van der Waals surface area contributed by atoms with Crippen molar-refractivity contribution in [3.05, 3.63) is 87.5 Å². The second-order valence-electron chi connectivity index (χ2n) is 9.94. The average molecular weight is 399 g/mol. The van der Waals surface area contributed by atoms with Crippen molar-refractivity contribution >= 4 is 5.57 Å². The summed E-state index contributed by atoms with van der Waals surface area (Å²) in [5.41, 5.74) is 11.6. The van der Waals surface area contributed by atoms with Gasteiger partial charge in [0.2, 0.25) is 0 Å². The molecule has 0 aromatic heterocycles. The fourth-order valence-corrected chi connectivity index (χ4v) is 5.77. The first kappa shape index (κ1) is 21.2. The Morgan fingerprint density at radius 2 is 1.57 bits per heavy atom. The van der Waals surface area contributed by atoms with Gasteiger partial charge in [-0.25, -0.2) is 0 Å². The largest absolute Gasteiger partial charge is 0.0767 e. The molecule has 0 heteroatoms. The maximum atomic E-state index is 2.54. The molecule has 2 atom stereocenters. The summed E-state index contributed by atoms with van der Waals surface area (Å²) in [6.45, 7) is 11.5. The van der Waals surface area contributed by atoms with Crippen LogP contribution in [-0.4, -0.2) is 0 Å². The van der Waals surface area contributed by atoms with Gasteiger partial charge in [0.1, 0.15) is 0 Å². The molecule has 0 heterocycles. The van der Waals surface area contributed by atoms with Crippen LogP contribution in [0.2, 0.25) is 0 Å². The molecule has 0 spiro atoms. The van der Waals surface area contributed by atoms with Gasteiger partial charge < -0.3 is 0 Å². The van der Waals surface area contributed by atoms with Crippen molar-refractivity contribution < 1.29 is 0 Å². The van der Waals surface area contributed by atoms with Crippen molar-refractivity contribution in [3.8, 4) is 0 Å². The molecule has 0 amide bonds. The van der Waals surface area contributed by atoms with Crippen molar-refractivity contribution in [2.75, 3.05) is 0 Å². The third kappa shape index (κ3) is 4.34. The monoisotopic (exact) mass is 398 g/mol. The van der Waals surface area contributed by atoms with Crippen LogP contribution in [0.1, 0.15) is 83.9 Å². The molecule has 0 N–H and O–H groups in total. The fraction of sp³-hybridized carbons (Fsp3) is 0.467. The molecule has 0 bridgehead atoms. The molecule has 2 aromatic rings. The molecule has 0 nitrogen and oxygen atoms in total. The number of benzene rings is 2. The van der Waals surface area contributed by atoms with Crippen molar-refractivity contribution in [1.29, 1.82) is 0 Å². The van der Waals surface area contributed by atoms with Crippen LogP contribution in [0.25, 0.3) is 5.57 Å². The molecule has 2 unspecified atom stereocenters. The lowest BCUT2D eigenvalue weighted by molar-refractivity contribution is 0.320. The zero-order chi connectivity index (χ0) is 21.3. The van der Waals surface area contributed by atoms with E-state index in [0.717, 1.165) is 12.3 Å². The quantitative estimate of drug-likeness (QED) is 0.474. The number of hydrogen-bond donors (Lipinski definition) is 0. The van der Waals surface area contributed by atoms with Gasteiger partial charge >= 0.3 is 0 Å². The molecular formula is C30H38. The van der Waals surface area contributed by atoms with Crippen molar-refractivity contribution in [2.45, 2.75) is 79.1 Å². The minimum absolute atomic E-state index is 0.530. The number of rotatable bonds is 5. The summed E-state index contributed by atoms with van der Waals surface area (Å²) < 4.78 is 0. The summed E-state index contributed by atoms with van der Waals surface area (Å²) in [6.07, 6.45) is 15.6. The maximum Gasteiger partial charge on any atom is -0.00127 e.